The van der Waals surface area contributed by atoms with E-state index in [4.69, 9.17) is 24.7 Å². The molecular weight excluding hydrogens is 785 g/mol. The molecule has 0 unspecified atom stereocenters. The minimum Gasteiger partial charge on any atom is -0.486 e. The average molecular weight is 843 g/mol. The summed E-state index contributed by atoms with van der Waals surface area (Å²) in [5.41, 5.74) is 13.9. The lowest BCUT2D eigenvalue weighted by molar-refractivity contribution is -0.384. The lowest BCUT2D eigenvalue weighted by atomic mass is 10.1. The van der Waals surface area contributed by atoms with Gasteiger partial charge in [0, 0.05) is 122 Å². The molecule has 4 aromatic carbocycles. The van der Waals surface area contributed by atoms with E-state index in [0.717, 1.165) is 130 Å². The molecule has 4 aliphatic heterocycles. The van der Waals surface area contributed by atoms with Crippen molar-refractivity contribution in [1.82, 2.24) is 19.8 Å². The van der Waals surface area contributed by atoms with Crippen molar-refractivity contribution < 1.29 is 23.9 Å². The maximum atomic E-state index is 10.9. The fourth-order valence-electron chi connectivity index (χ4n) is 9.12. The number of nitrogens with two attached hydrogens (primary N) is 1. The highest BCUT2D eigenvalue weighted by atomic mass is 16.6. The van der Waals surface area contributed by atoms with Crippen LogP contribution >= 0.6 is 0 Å². The fraction of sp³-hybridized carbons (Fsp3) is 0.417. The Hall–Kier alpha value is -6.12. The van der Waals surface area contributed by atoms with Crippen molar-refractivity contribution >= 4 is 44.6 Å². The summed E-state index contributed by atoms with van der Waals surface area (Å²) in [7, 11) is 0. The molecule has 0 aliphatic carbocycles. The van der Waals surface area contributed by atoms with Crippen molar-refractivity contribution in [2.45, 2.75) is 38.5 Å². The van der Waals surface area contributed by atoms with Gasteiger partial charge in [-0.3, -0.25) is 19.9 Å². The van der Waals surface area contributed by atoms with Gasteiger partial charge in [-0.05, 0) is 105 Å². The molecule has 0 spiro atoms. The number of aryl methyl sites for hydroxylation is 2. The molecule has 6 heterocycles. The van der Waals surface area contributed by atoms with E-state index in [1.165, 1.54) is 47.3 Å². The summed E-state index contributed by atoms with van der Waals surface area (Å²) in [6, 6.07) is 23.7. The van der Waals surface area contributed by atoms with Crippen molar-refractivity contribution in [3.05, 3.63) is 106 Å². The third kappa shape index (κ3) is 9.82. The van der Waals surface area contributed by atoms with Crippen LogP contribution in [0.25, 0.3) is 21.8 Å². The molecule has 4 aliphatic rings. The monoisotopic (exact) mass is 842 g/mol. The van der Waals surface area contributed by atoms with Gasteiger partial charge < -0.3 is 44.4 Å². The standard InChI is InChI=1S/C24H28N4O4.C24H30N4O2/c29-28(30)20-4-6-21-18(17-25-22(21)15-20)3-1-2-8-26-9-11-27(12-10-26)19-5-7-23-24(16-19)32-14-13-31-23;25-19-4-6-21-18(17-26-22(21)15-19)3-1-2-8-27-9-11-28(12-10-27)20-5-7-23-24(16-20)30-14-13-29-23/h4-7,15-17,25H,1-3,8-14H2;4-7,15-17,26H,1-3,8-14,25H2. The number of hydrogen-bond acceptors (Lipinski definition) is 11. The zero-order valence-electron chi connectivity index (χ0n) is 35.5. The van der Waals surface area contributed by atoms with Crippen LogP contribution in [-0.4, -0.2) is 117 Å². The number of benzene rings is 4. The minimum atomic E-state index is -0.354. The van der Waals surface area contributed by atoms with Crippen LogP contribution in [0.15, 0.2) is 85.2 Å². The highest BCUT2D eigenvalue weighted by Gasteiger charge is 2.22. The first kappa shape index (κ1) is 41.2. The number of H-pyrrole nitrogens is 2. The van der Waals surface area contributed by atoms with Crippen molar-refractivity contribution in [2.75, 3.05) is 107 Å². The molecule has 0 amide bonds. The maximum Gasteiger partial charge on any atom is 0.271 e. The van der Waals surface area contributed by atoms with Crippen molar-refractivity contribution in [3.63, 3.8) is 0 Å². The number of fused-ring (bicyclic) bond motifs is 4. The van der Waals surface area contributed by atoms with E-state index >= 15 is 0 Å². The van der Waals surface area contributed by atoms with Crippen LogP contribution in [-0.2, 0) is 12.8 Å². The molecule has 326 valence electrons. The number of nitro groups is 1. The van der Waals surface area contributed by atoms with E-state index in [9.17, 15) is 10.1 Å². The number of nitrogen functional groups attached to an aromatic ring is 1. The zero-order chi connectivity index (χ0) is 42.3. The molecule has 4 N–H and O–H groups in total. The molecule has 0 saturated carbocycles. The van der Waals surface area contributed by atoms with Gasteiger partial charge in [0.1, 0.15) is 26.4 Å². The van der Waals surface area contributed by atoms with Crippen molar-refractivity contribution in [3.8, 4) is 23.0 Å². The number of aromatic amines is 2. The Kier molecular flexibility index (Phi) is 12.8. The normalized spacial score (nSPS) is 16.6. The molecule has 0 atom stereocenters. The molecular formula is C48H58N8O6. The van der Waals surface area contributed by atoms with E-state index in [-0.39, 0.29) is 10.6 Å². The fourth-order valence-corrected chi connectivity index (χ4v) is 9.12. The third-order valence-electron chi connectivity index (χ3n) is 12.6. The Morgan fingerprint density at radius 3 is 1.52 bits per heavy atom. The Balaban J connectivity index is 0.000000158. The Labute approximate surface area is 362 Å². The summed E-state index contributed by atoms with van der Waals surface area (Å²) in [6.45, 7) is 13.3. The summed E-state index contributed by atoms with van der Waals surface area (Å²) in [5, 5.41) is 13.3. The number of non-ortho nitro benzene ring substituents is 1. The molecule has 0 radical (unpaired) electrons. The predicted octanol–water partition coefficient (Wildman–Crippen LogP) is 7.66. The van der Waals surface area contributed by atoms with Gasteiger partial charge in [0.25, 0.3) is 5.69 Å². The molecule has 2 fully saturated rings. The highest BCUT2D eigenvalue weighted by molar-refractivity contribution is 5.86. The highest BCUT2D eigenvalue weighted by Crippen LogP contribution is 2.36. The van der Waals surface area contributed by atoms with Gasteiger partial charge in [-0.15, -0.1) is 0 Å². The number of piperazine rings is 2. The molecule has 6 aromatic rings. The molecule has 14 nitrogen and oxygen atoms in total. The maximum absolute atomic E-state index is 10.9. The second-order valence-corrected chi connectivity index (χ2v) is 16.6. The van der Waals surface area contributed by atoms with Crippen molar-refractivity contribution in [2.24, 2.45) is 0 Å². The number of nitrogens with zero attached hydrogens (tertiary/aromatic N) is 5. The molecule has 0 bridgehead atoms. The number of unbranched alkanes of at least 4 members (excludes halogenated alkanes) is 2. The summed E-state index contributed by atoms with van der Waals surface area (Å²) in [4.78, 5) is 27.1. The smallest absolute Gasteiger partial charge is 0.271 e. The lowest BCUT2D eigenvalue weighted by Gasteiger charge is -2.36. The first-order valence-electron chi connectivity index (χ1n) is 22.3. The number of aromatic nitrogens is 2. The van der Waals surface area contributed by atoms with Crippen LogP contribution in [0.5, 0.6) is 23.0 Å². The molecule has 2 saturated heterocycles. The third-order valence-corrected chi connectivity index (χ3v) is 12.6. The second kappa shape index (κ2) is 19.3. The number of rotatable bonds is 13. The number of nitro benzene ring substituents is 1. The summed E-state index contributed by atoms with van der Waals surface area (Å²) < 4.78 is 22.7. The van der Waals surface area contributed by atoms with Crippen LogP contribution in [0.4, 0.5) is 22.7 Å². The van der Waals surface area contributed by atoms with Gasteiger partial charge in [0.2, 0.25) is 0 Å². The largest absolute Gasteiger partial charge is 0.486 e. The van der Waals surface area contributed by atoms with Crippen LogP contribution in [0.2, 0.25) is 0 Å². The summed E-state index contributed by atoms with van der Waals surface area (Å²) in [5.74, 6) is 3.43. The zero-order valence-corrected chi connectivity index (χ0v) is 35.5. The lowest BCUT2D eigenvalue weighted by Crippen LogP contribution is -2.46. The van der Waals surface area contributed by atoms with E-state index < -0.39 is 0 Å². The Morgan fingerprint density at radius 1 is 0.548 bits per heavy atom. The van der Waals surface area contributed by atoms with Crippen LogP contribution in [0.3, 0.4) is 0 Å². The van der Waals surface area contributed by atoms with E-state index in [2.05, 4.69) is 66.1 Å². The minimum absolute atomic E-state index is 0.126. The van der Waals surface area contributed by atoms with Gasteiger partial charge in [-0.2, -0.15) is 0 Å². The first-order valence-corrected chi connectivity index (χ1v) is 22.3. The predicted molar refractivity (Wildman–Crippen MR) is 246 cm³/mol. The van der Waals surface area contributed by atoms with Gasteiger partial charge in [0.15, 0.2) is 23.0 Å². The summed E-state index contributed by atoms with van der Waals surface area (Å²) in [6.07, 6.45) is 10.9. The van der Waals surface area contributed by atoms with Gasteiger partial charge >= 0.3 is 0 Å². The molecule has 14 heteroatoms. The molecule has 2 aromatic heterocycles. The topological polar surface area (TPSA) is 151 Å². The van der Waals surface area contributed by atoms with Gasteiger partial charge in [-0.1, -0.05) is 6.07 Å². The van der Waals surface area contributed by atoms with E-state index in [1.807, 2.05) is 36.5 Å². The van der Waals surface area contributed by atoms with E-state index in [0.29, 0.717) is 26.4 Å². The first-order chi connectivity index (χ1) is 30.4. The van der Waals surface area contributed by atoms with Crippen LogP contribution < -0.4 is 34.5 Å². The number of nitrogens with one attached hydrogen (secondary N) is 2. The summed E-state index contributed by atoms with van der Waals surface area (Å²) >= 11 is 0. The molecule has 62 heavy (non-hydrogen) atoms. The van der Waals surface area contributed by atoms with Gasteiger partial charge in [-0.25, -0.2) is 0 Å². The van der Waals surface area contributed by atoms with Crippen LogP contribution in [0.1, 0.15) is 36.8 Å². The quantitative estimate of drug-likeness (QED) is 0.0455. The number of ether oxygens (including phenoxy) is 4. The van der Waals surface area contributed by atoms with Gasteiger partial charge in [0.05, 0.1) is 10.4 Å². The second-order valence-electron chi connectivity index (χ2n) is 16.6. The Bertz CT molecular complexity index is 2450. The van der Waals surface area contributed by atoms with Crippen molar-refractivity contribution in [1.29, 1.82) is 0 Å². The number of hydrogen-bond donors (Lipinski definition) is 3. The van der Waals surface area contributed by atoms with E-state index in [1.54, 1.807) is 12.1 Å². The van der Waals surface area contributed by atoms with Crippen LogP contribution in [0, 0.1) is 10.1 Å². The molecule has 10 rings (SSSR count). The number of anilines is 3. The Morgan fingerprint density at radius 2 is 1.02 bits per heavy atom. The average Bonchev–Trinajstić information content (AvgIpc) is 3.92. The SMILES string of the molecule is Nc1ccc2c(CCCCN3CCN(c4ccc5c(c4)OCCO5)CC3)c[nH]c2c1.O=[N+]([O-])c1ccc2c(CCCCN3CCN(c4ccc5c(c4)OCCO5)CC3)c[nH]c2c1.